The van der Waals surface area contributed by atoms with Gasteiger partial charge in [0.2, 0.25) is 0 Å². The van der Waals surface area contributed by atoms with Gasteiger partial charge in [0, 0.05) is 14.1 Å². The molecule has 1 rings (SSSR count). The lowest BCUT2D eigenvalue weighted by Crippen LogP contribution is -2.31. The summed E-state index contributed by atoms with van der Waals surface area (Å²) < 4.78 is 0. The average molecular weight is 235 g/mol. The van der Waals surface area contributed by atoms with Crippen LogP contribution in [0.15, 0.2) is 24.3 Å². The van der Waals surface area contributed by atoms with Gasteiger partial charge in [-0.25, -0.2) is 0 Å². The molecule has 0 unspecified atom stereocenters. The number of carbonyl (C=O) groups excluding carboxylic acids is 3. The normalized spacial score (nSPS) is 9.53. The highest BCUT2D eigenvalue weighted by Crippen LogP contribution is 2.16. The molecular weight excluding hydrogens is 222 g/mol. The van der Waals surface area contributed by atoms with Crippen LogP contribution in [0.4, 0.5) is 5.69 Å². The fraction of sp³-hybridized carbons (Fsp3) is 0.182. The van der Waals surface area contributed by atoms with Gasteiger partial charge in [0.15, 0.2) is 0 Å². The Balaban J connectivity index is 3.04. The number of primary amides is 1. The summed E-state index contributed by atoms with van der Waals surface area (Å²) in [6, 6.07) is 6.39. The fourth-order valence-electron chi connectivity index (χ4n) is 1.20. The fourth-order valence-corrected chi connectivity index (χ4v) is 1.20. The van der Waals surface area contributed by atoms with Crippen molar-refractivity contribution in [2.45, 2.75) is 0 Å². The molecular formula is C11H13N3O3. The van der Waals surface area contributed by atoms with E-state index in [1.807, 2.05) is 0 Å². The number of nitrogens with one attached hydrogen (secondary N) is 1. The molecule has 0 saturated heterocycles. The third-order valence-corrected chi connectivity index (χ3v) is 2.04. The van der Waals surface area contributed by atoms with Gasteiger partial charge in [-0.2, -0.15) is 0 Å². The Labute approximate surface area is 98.4 Å². The van der Waals surface area contributed by atoms with Crippen LogP contribution in [0.5, 0.6) is 0 Å². The Morgan fingerprint density at radius 2 is 1.76 bits per heavy atom. The van der Waals surface area contributed by atoms with E-state index in [0.29, 0.717) is 5.56 Å². The monoisotopic (exact) mass is 235 g/mol. The largest absolute Gasteiger partial charge is 0.361 e. The number of rotatable bonds is 2. The van der Waals surface area contributed by atoms with E-state index in [1.165, 1.54) is 11.0 Å². The third kappa shape index (κ3) is 3.04. The Bertz CT molecular complexity index is 469. The predicted octanol–water partition coefficient (Wildman–Crippen LogP) is -0.188. The maximum atomic E-state index is 11.8. The quantitative estimate of drug-likeness (QED) is 0.696. The lowest BCUT2D eigenvalue weighted by atomic mass is 10.1. The molecule has 0 atom stereocenters. The van der Waals surface area contributed by atoms with E-state index in [-0.39, 0.29) is 11.6 Å². The van der Waals surface area contributed by atoms with Crippen molar-refractivity contribution in [2.75, 3.05) is 19.4 Å². The van der Waals surface area contributed by atoms with Gasteiger partial charge < -0.3 is 16.0 Å². The van der Waals surface area contributed by atoms with Gasteiger partial charge in [-0.15, -0.1) is 0 Å². The first kappa shape index (κ1) is 12.7. The van der Waals surface area contributed by atoms with E-state index < -0.39 is 11.8 Å². The summed E-state index contributed by atoms with van der Waals surface area (Å²) >= 11 is 0. The van der Waals surface area contributed by atoms with Crippen molar-refractivity contribution < 1.29 is 14.4 Å². The van der Waals surface area contributed by atoms with E-state index in [1.54, 1.807) is 32.3 Å². The first-order valence-electron chi connectivity index (χ1n) is 4.85. The summed E-state index contributed by atoms with van der Waals surface area (Å²) in [5, 5.41) is 2.28. The molecule has 0 aliphatic carbocycles. The SMILES string of the molecule is CN(C)C(=O)c1ccccc1NC(=O)C(N)=O. The average Bonchev–Trinajstić information content (AvgIpc) is 2.28. The van der Waals surface area contributed by atoms with E-state index in [0.717, 1.165) is 0 Å². The highest BCUT2D eigenvalue weighted by molar-refractivity contribution is 6.39. The van der Waals surface area contributed by atoms with Crippen molar-refractivity contribution in [3.05, 3.63) is 29.8 Å². The van der Waals surface area contributed by atoms with Crippen LogP contribution in [0.3, 0.4) is 0 Å². The van der Waals surface area contributed by atoms with Crippen molar-refractivity contribution >= 4 is 23.4 Å². The number of hydrogen-bond donors (Lipinski definition) is 2. The van der Waals surface area contributed by atoms with Crippen LogP contribution < -0.4 is 11.1 Å². The molecule has 0 radical (unpaired) electrons. The number of nitrogens with zero attached hydrogens (tertiary/aromatic N) is 1. The predicted molar refractivity (Wildman–Crippen MR) is 62.3 cm³/mol. The summed E-state index contributed by atoms with van der Waals surface area (Å²) in [5.74, 6) is -2.33. The van der Waals surface area contributed by atoms with Crippen molar-refractivity contribution in [1.82, 2.24) is 4.90 Å². The molecule has 0 spiro atoms. The number of hydrogen-bond acceptors (Lipinski definition) is 3. The lowest BCUT2D eigenvalue weighted by Gasteiger charge is -2.13. The molecule has 6 heteroatoms. The molecule has 0 aliphatic rings. The van der Waals surface area contributed by atoms with E-state index in [9.17, 15) is 14.4 Å². The zero-order valence-electron chi connectivity index (χ0n) is 9.56. The van der Waals surface area contributed by atoms with Crippen LogP contribution in [-0.4, -0.2) is 36.7 Å². The van der Waals surface area contributed by atoms with Crippen LogP contribution in [0.2, 0.25) is 0 Å². The maximum Gasteiger partial charge on any atom is 0.313 e. The third-order valence-electron chi connectivity index (χ3n) is 2.04. The maximum absolute atomic E-state index is 11.8. The van der Waals surface area contributed by atoms with Crippen LogP contribution in [0.25, 0.3) is 0 Å². The molecule has 1 aromatic carbocycles. The number of carbonyl (C=O) groups is 3. The van der Waals surface area contributed by atoms with Gasteiger partial charge >= 0.3 is 11.8 Å². The Morgan fingerprint density at radius 1 is 1.18 bits per heavy atom. The van der Waals surface area contributed by atoms with Gasteiger partial charge in [0.05, 0.1) is 11.3 Å². The second-order valence-corrected chi connectivity index (χ2v) is 3.56. The number of amides is 3. The summed E-state index contributed by atoms with van der Waals surface area (Å²) in [6.07, 6.45) is 0. The minimum absolute atomic E-state index is 0.259. The van der Waals surface area contributed by atoms with Crippen molar-refractivity contribution in [1.29, 1.82) is 0 Å². The molecule has 17 heavy (non-hydrogen) atoms. The van der Waals surface area contributed by atoms with Crippen molar-refractivity contribution in [3.8, 4) is 0 Å². The van der Waals surface area contributed by atoms with Crippen molar-refractivity contribution in [3.63, 3.8) is 0 Å². The summed E-state index contributed by atoms with van der Waals surface area (Å²) in [4.78, 5) is 34.9. The molecule has 0 aliphatic heterocycles. The summed E-state index contributed by atoms with van der Waals surface area (Å²) in [5.41, 5.74) is 5.38. The lowest BCUT2D eigenvalue weighted by molar-refractivity contribution is -0.134. The van der Waals surface area contributed by atoms with E-state index in [4.69, 9.17) is 5.73 Å². The van der Waals surface area contributed by atoms with Gasteiger partial charge in [0.25, 0.3) is 5.91 Å². The summed E-state index contributed by atoms with van der Waals surface area (Å²) in [7, 11) is 3.18. The second-order valence-electron chi connectivity index (χ2n) is 3.56. The zero-order chi connectivity index (χ0) is 13.0. The van der Waals surface area contributed by atoms with Gasteiger partial charge in [-0.05, 0) is 12.1 Å². The number of para-hydroxylation sites is 1. The smallest absolute Gasteiger partial charge is 0.313 e. The zero-order valence-corrected chi connectivity index (χ0v) is 9.56. The molecule has 1 aromatic rings. The topological polar surface area (TPSA) is 92.5 Å². The Kier molecular flexibility index (Phi) is 3.82. The molecule has 0 fully saturated rings. The number of benzene rings is 1. The molecule has 3 amide bonds. The first-order chi connectivity index (χ1) is 7.93. The number of nitrogens with two attached hydrogens (primary N) is 1. The van der Waals surface area contributed by atoms with Gasteiger partial charge in [-0.3, -0.25) is 14.4 Å². The van der Waals surface area contributed by atoms with Crippen LogP contribution in [0, 0.1) is 0 Å². The highest BCUT2D eigenvalue weighted by Gasteiger charge is 2.16. The Hall–Kier alpha value is -2.37. The van der Waals surface area contributed by atoms with Gasteiger partial charge in [-0.1, -0.05) is 12.1 Å². The van der Waals surface area contributed by atoms with Crippen LogP contribution >= 0.6 is 0 Å². The summed E-state index contributed by atoms with van der Waals surface area (Å²) in [6.45, 7) is 0. The first-order valence-corrected chi connectivity index (χ1v) is 4.85. The highest BCUT2D eigenvalue weighted by atomic mass is 16.2. The molecule has 90 valence electrons. The van der Waals surface area contributed by atoms with E-state index in [2.05, 4.69) is 5.32 Å². The molecule has 0 aromatic heterocycles. The number of anilines is 1. The van der Waals surface area contributed by atoms with Crippen molar-refractivity contribution in [2.24, 2.45) is 5.73 Å². The Morgan fingerprint density at radius 3 is 2.29 bits per heavy atom. The minimum Gasteiger partial charge on any atom is -0.361 e. The molecule has 0 saturated carbocycles. The standard InChI is InChI=1S/C11H13N3O3/c1-14(2)11(17)7-5-3-4-6-8(7)13-10(16)9(12)15/h3-6H,1-2H3,(H2,12,15)(H,13,16). The van der Waals surface area contributed by atoms with Crippen LogP contribution in [0.1, 0.15) is 10.4 Å². The molecule has 3 N–H and O–H groups in total. The van der Waals surface area contributed by atoms with E-state index >= 15 is 0 Å². The molecule has 0 heterocycles. The van der Waals surface area contributed by atoms with Gasteiger partial charge in [0.1, 0.15) is 0 Å². The minimum atomic E-state index is -1.10. The molecule has 0 bridgehead atoms. The molecule has 6 nitrogen and oxygen atoms in total. The van der Waals surface area contributed by atoms with Crippen LogP contribution in [-0.2, 0) is 9.59 Å². The second kappa shape index (κ2) is 5.11.